The van der Waals surface area contributed by atoms with Crippen LogP contribution in [0.25, 0.3) is 0 Å². The third-order valence-electron chi connectivity index (χ3n) is 3.67. The topological polar surface area (TPSA) is 66.4 Å². The van der Waals surface area contributed by atoms with Crippen molar-refractivity contribution in [2.24, 2.45) is 5.92 Å². The summed E-state index contributed by atoms with van der Waals surface area (Å²) in [5, 5.41) is 13.7. The van der Waals surface area contributed by atoms with Gasteiger partial charge in [-0.05, 0) is 42.7 Å². The maximum absolute atomic E-state index is 12.2. The first kappa shape index (κ1) is 14.1. The van der Waals surface area contributed by atoms with Crippen molar-refractivity contribution >= 4 is 23.2 Å². The van der Waals surface area contributed by atoms with E-state index in [1.54, 1.807) is 18.3 Å². The normalized spacial score (nSPS) is 19.5. The van der Waals surface area contributed by atoms with E-state index in [-0.39, 0.29) is 11.8 Å². The van der Waals surface area contributed by atoms with Gasteiger partial charge in [-0.15, -0.1) is 11.3 Å². The van der Waals surface area contributed by atoms with Crippen LogP contribution in [0.4, 0.5) is 0 Å². The molecule has 1 heterocycles. The number of carbonyl (C=O) groups is 2. The van der Waals surface area contributed by atoms with Crippen LogP contribution in [0.5, 0.6) is 0 Å². The molecule has 0 aliphatic heterocycles. The van der Waals surface area contributed by atoms with Crippen molar-refractivity contribution < 1.29 is 14.7 Å². The Labute approximate surface area is 116 Å². The van der Waals surface area contributed by atoms with Crippen molar-refractivity contribution in [1.82, 2.24) is 5.32 Å². The SMILES string of the molecule is CC(CCNC(=O)C1CCCc2sccc21)C(=O)O. The van der Waals surface area contributed by atoms with Crippen molar-refractivity contribution in [2.75, 3.05) is 6.54 Å². The fourth-order valence-electron chi connectivity index (χ4n) is 2.42. The summed E-state index contributed by atoms with van der Waals surface area (Å²) in [6.45, 7) is 2.09. The van der Waals surface area contributed by atoms with Crippen LogP contribution in [0.1, 0.15) is 42.5 Å². The molecule has 4 nitrogen and oxygen atoms in total. The van der Waals surface area contributed by atoms with E-state index >= 15 is 0 Å². The maximum Gasteiger partial charge on any atom is 0.306 e. The number of hydrogen-bond acceptors (Lipinski definition) is 3. The second-order valence-electron chi connectivity index (χ2n) is 5.06. The maximum atomic E-state index is 12.2. The van der Waals surface area contributed by atoms with E-state index in [1.165, 1.54) is 10.4 Å². The third kappa shape index (κ3) is 3.35. The number of carboxylic acids is 1. The van der Waals surface area contributed by atoms with Gasteiger partial charge in [0.15, 0.2) is 0 Å². The van der Waals surface area contributed by atoms with Crippen molar-refractivity contribution in [3.63, 3.8) is 0 Å². The minimum atomic E-state index is -0.813. The third-order valence-corrected chi connectivity index (χ3v) is 4.66. The highest BCUT2D eigenvalue weighted by molar-refractivity contribution is 7.10. The molecule has 2 N–H and O–H groups in total. The molecule has 2 atom stereocenters. The lowest BCUT2D eigenvalue weighted by atomic mass is 9.87. The van der Waals surface area contributed by atoms with E-state index in [1.807, 2.05) is 11.4 Å². The molecule has 0 saturated heterocycles. The first-order valence-electron chi connectivity index (χ1n) is 6.66. The number of fused-ring (bicyclic) bond motifs is 1. The largest absolute Gasteiger partial charge is 0.481 e. The number of nitrogens with one attached hydrogen (secondary N) is 1. The van der Waals surface area contributed by atoms with Crippen LogP contribution in [0.15, 0.2) is 11.4 Å². The van der Waals surface area contributed by atoms with Crippen molar-refractivity contribution in [2.45, 2.75) is 38.5 Å². The quantitative estimate of drug-likeness (QED) is 0.871. The second-order valence-corrected chi connectivity index (χ2v) is 6.06. The van der Waals surface area contributed by atoms with Crippen LogP contribution >= 0.6 is 11.3 Å². The number of aliphatic carboxylic acids is 1. The number of aryl methyl sites for hydroxylation is 1. The second kappa shape index (κ2) is 6.19. The minimum absolute atomic E-state index is 0.0388. The van der Waals surface area contributed by atoms with Gasteiger partial charge in [0.05, 0.1) is 11.8 Å². The standard InChI is InChI=1S/C14H19NO3S/c1-9(14(17)18)5-7-15-13(16)11-3-2-4-12-10(11)6-8-19-12/h6,8-9,11H,2-5,7H2,1H3,(H,15,16)(H,17,18). The number of carboxylic acid groups (broad SMARTS) is 1. The fourth-order valence-corrected chi connectivity index (χ4v) is 3.40. The van der Waals surface area contributed by atoms with Crippen molar-refractivity contribution in [3.8, 4) is 0 Å². The minimum Gasteiger partial charge on any atom is -0.481 e. The van der Waals surface area contributed by atoms with E-state index in [9.17, 15) is 9.59 Å². The molecule has 0 aromatic carbocycles. The van der Waals surface area contributed by atoms with Gasteiger partial charge in [-0.2, -0.15) is 0 Å². The molecule has 1 aliphatic carbocycles. The summed E-state index contributed by atoms with van der Waals surface area (Å²) < 4.78 is 0. The zero-order chi connectivity index (χ0) is 13.8. The summed E-state index contributed by atoms with van der Waals surface area (Å²) in [6, 6.07) is 2.04. The first-order chi connectivity index (χ1) is 9.09. The van der Waals surface area contributed by atoms with Crippen LogP contribution in [0.3, 0.4) is 0 Å². The number of carbonyl (C=O) groups excluding carboxylic acids is 1. The smallest absolute Gasteiger partial charge is 0.306 e. The highest BCUT2D eigenvalue weighted by Gasteiger charge is 2.27. The Balaban J connectivity index is 1.87. The Morgan fingerprint density at radius 3 is 3.11 bits per heavy atom. The molecule has 0 fully saturated rings. The highest BCUT2D eigenvalue weighted by Crippen LogP contribution is 2.34. The molecule has 104 valence electrons. The van der Waals surface area contributed by atoms with E-state index < -0.39 is 11.9 Å². The van der Waals surface area contributed by atoms with Gasteiger partial charge in [0.1, 0.15) is 0 Å². The lowest BCUT2D eigenvalue weighted by Crippen LogP contribution is -2.32. The van der Waals surface area contributed by atoms with Crippen LogP contribution in [0, 0.1) is 5.92 Å². The van der Waals surface area contributed by atoms with Crippen LogP contribution in [-0.2, 0) is 16.0 Å². The van der Waals surface area contributed by atoms with Crippen LogP contribution in [0.2, 0.25) is 0 Å². The number of rotatable bonds is 5. The lowest BCUT2D eigenvalue weighted by molar-refractivity contribution is -0.141. The molecule has 0 radical (unpaired) electrons. The molecule has 5 heteroatoms. The molecule has 1 aromatic rings. The average Bonchev–Trinajstić information content (AvgIpc) is 2.86. The van der Waals surface area contributed by atoms with Gasteiger partial charge in [-0.1, -0.05) is 6.92 Å². The monoisotopic (exact) mass is 281 g/mol. The summed E-state index contributed by atoms with van der Waals surface area (Å²) in [5.41, 5.74) is 1.17. The molecule has 1 aromatic heterocycles. The molecule has 0 spiro atoms. The predicted octanol–water partition coefficient (Wildman–Crippen LogP) is 2.40. The molecular formula is C14H19NO3S. The Hall–Kier alpha value is -1.36. The zero-order valence-electron chi connectivity index (χ0n) is 11.0. The first-order valence-corrected chi connectivity index (χ1v) is 7.54. The molecule has 0 saturated carbocycles. The van der Waals surface area contributed by atoms with E-state index in [4.69, 9.17) is 5.11 Å². The van der Waals surface area contributed by atoms with Crippen LogP contribution in [-0.4, -0.2) is 23.5 Å². The molecule has 19 heavy (non-hydrogen) atoms. The molecule has 2 rings (SSSR count). The summed E-state index contributed by atoms with van der Waals surface area (Å²) in [4.78, 5) is 24.2. The van der Waals surface area contributed by atoms with Gasteiger partial charge in [-0.3, -0.25) is 9.59 Å². The van der Waals surface area contributed by atoms with Crippen molar-refractivity contribution in [3.05, 3.63) is 21.9 Å². The van der Waals surface area contributed by atoms with Gasteiger partial charge in [0, 0.05) is 11.4 Å². The summed E-state index contributed by atoms with van der Waals surface area (Å²) in [5.74, 6) is -1.23. The molecular weight excluding hydrogens is 262 g/mol. The molecule has 1 amide bonds. The molecule has 2 unspecified atom stereocenters. The Morgan fingerprint density at radius 2 is 2.37 bits per heavy atom. The highest BCUT2D eigenvalue weighted by atomic mass is 32.1. The summed E-state index contributed by atoms with van der Waals surface area (Å²) in [6.07, 6.45) is 3.50. The average molecular weight is 281 g/mol. The molecule has 0 bridgehead atoms. The van der Waals surface area contributed by atoms with E-state index in [0.29, 0.717) is 13.0 Å². The van der Waals surface area contributed by atoms with Gasteiger partial charge in [0.25, 0.3) is 0 Å². The van der Waals surface area contributed by atoms with Gasteiger partial charge in [0.2, 0.25) is 5.91 Å². The summed E-state index contributed by atoms with van der Waals surface area (Å²) >= 11 is 1.72. The van der Waals surface area contributed by atoms with E-state index in [2.05, 4.69) is 5.32 Å². The van der Waals surface area contributed by atoms with Crippen molar-refractivity contribution in [1.29, 1.82) is 0 Å². The molecule has 1 aliphatic rings. The van der Waals surface area contributed by atoms with Crippen LogP contribution < -0.4 is 5.32 Å². The number of amides is 1. The fraction of sp³-hybridized carbons (Fsp3) is 0.571. The predicted molar refractivity (Wildman–Crippen MR) is 74.4 cm³/mol. The Morgan fingerprint density at radius 1 is 1.58 bits per heavy atom. The van der Waals surface area contributed by atoms with Gasteiger partial charge >= 0.3 is 5.97 Å². The van der Waals surface area contributed by atoms with Gasteiger partial charge < -0.3 is 10.4 Å². The number of thiophene rings is 1. The van der Waals surface area contributed by atoms with Gasteiger partial charge in [-0.25, -0.2) is 0 Å². The lowest BCUT2D eigenvalue weighted by Gasteiger charge is -2.22. The number of hydrogen-bond donors (Lipinski definition) is 2. The zero-order valence-corrected chi connectivity index (χ0v) is 11.8. The summed E-state index contributed by atoms with van der Waals surface area (Å²) in [7, 11) is 0. The Bertz CT molecular complexity index is 469. The van der Waals surface area contributed by atoms with E-state index in [0.717, 1.165) is 19.3 Å². The Kier molecular flexibility index (Phi) is 4.58.